The topological polar surface area (TPSA) is 58.6 Å². The number of carbonyl (C=O) groups is 2. The molecule has 1 heterocycles. The molecular weight excluding hydrogens is 447 g/mol. The van der Waals surface area contributed by atoms with Crippen molar-refractivity contribution in [3.05, 3.63) is 93.1 Å². The van der Waals surface area contributed by atoms with Crippen LogP contribution in [0.5, 0.6) is 5.75 Å². The molecule has 0 aromatic heterocycles. The van der Waals surface area contributed by atoms with Crippen molar-refractivity contribution < 1.29 is 14.3 Å². The van der Waals surface area contributed by atoms with Crippen LogP contribution in [-0.4, -0.2) is 18.9 Å². The third-order valence-electron chi connectivity index (χ3n) is 5.33. The average Bonchev–Trinajstić information content (AvgIpc) is 3.02. The fourth-order valence-corrected chi connectivity index (χ4v) is 3.91. The minimum Gasteiger partial charge on any atom is -0.496 e. The van der Waals surface area contributed by atoms with Gasteiger partial charge in [0, 0.05) is 21.3 Å². The molecule has 5 nitrogen and oxygen atoms in total. The average molecular weight is 467 g/mol. The van der Waals surface area contributed by atoms with Gasteiger partial charge in [-0.3, -0.25) is 9.59 Å². The molecule has 1 N–H and O–H groups in total. The number of amides is 2. The van der Waals surface area contributed by atoms with Gasteiger partial charge in [0.25, 0.3) is 11.8 Å². The van der Waals surface area contributed by atoms with Gasteiger partial charge in [-0.2, -0.15) is 0 Å². The lowest BCUT2D eigenvalue weighted by atomic mass is 10.0. The number of methoxy groups -OCH3 is 1. The summed E-state index contributed by atoms with van der Waals surface area (Å²) in [6.07, 6.45) is 0. The number of imide groups is 1. The number of carbonyl (C=O) groups excluding carboxylic acids is 2. The number of nitrogens with zero attached hydrogens (tertiary/aromatic N) is 1. The molecule has 4 rings (SSSR count). The number of hydrogen-bond donors (Lipinski definition) is 1. The Labute approximate surface area is 196 Å². The molecule has 0 saturated carbocycles. The molecule has 2 amide bonds. The van der Waals surface area contributed by atoms with Gasteiger partial charge in [-0.1, -0.05) is 53.5 Å². The van der Waals surface area contributed by atoms with E-state index < -0.39 is 11.8 Å². The van der Waals surface area contributed by atoms with Gasteiger partial charge in [0.2, 0.25) is 0 Å². The molecule has 0 radical (unpaired) electrons. The largest absolute Gasteiger partial charge is 0.496 e. The quantitative estimate of drug-likeness (QED) is 0.467. The first-order valence-electron chi connectivity index (χ1n) is 9.87. The minimum atomic E-state index is -0.491. The van der Waals surface area contributed by atoms with Crippen LogP contribution in [0.25, 0.3) is 5.57 Å². The summed E-state index contributed by atoms with van der Waals surface area (Å²) in [7, 11) is 1.52. The molecule has 3 aromatic rings. The van der Waals surface area contributed by atoms with Crippen LogP contribution >= 0.6 is 23.2 Å². The summed E-state index contributed by atoms with van der Waals surface area (Å²) in [5, 5.41) is 4.13. The third-order valence-corrected chi connectivity index (χ3v) is 5.98. The first kappa shape index (κ1) is 21.9. The zero-order valence-corrected chi connectivity index (χ0v) is 19.2. The smallest absolute Gasteiger partial charge is 0.282 e. The molecule has 0 bridgehead atoms. The maximum atomic E-state index is 13.6. The minimum absolute atomic E-state index is 0.140. The first-order chi connectivity index (χ1) is 15.3. The van der Waals surface area contributed by atoms with Crippen molar-refractivity contribution in [2.24, 2.45) is 0 Å². The summed E-state index contributed by atoms with van der Waals surface area (Å²) in [6.45, 7) is 3.74. The van der Waals surface area contributed by atoms with Gasteiger partial charge in [-0.05, 0) is 55.3 Å². The molecule has 0 aliphatic carbocycles. The monoisotopic (exact) mass is 466 g/mol. The molecule has 0 atom stereocenters. The van der Waals surface area contributed by atoms with E-state index in [9.17, 15) is 9.59 Å². The third kappa shape index (κ3) is 3.85. The van der Waals surface area contributed by atoms with Gasteiger partial charge in [-0.25, -0.2) is 4.90 Å². The van der Waals surface area contributed by atoms with Gasteiger partial charge < -0.3 is 10.1 Å². The van der Waals surface area contributed by atoms with Crippen LogP contribution in [0.4, 0.5) is 11.4 Å². The Balaban J connectivity index is 1.89. The zero-order chi connectivity index (χ0) is 23.0. The van der Waals surface area contributed by atoms with Crippen molar-refractivity contribution in [2.75, 3.05) is 17.3 Å². The predicted octanol–water partition coefficient (Wildman–Crippen LogP) is 6.02. The fraction of sp³-hybridized carbons (Fsp3) is 0.120. The van der Waals surface area contributed by atoms with Gasteiger partial charge in [-0.15, -0.1) is 0 Å². The van der Waals surface area contributed by atoms with E-state index in [0.29, 0.717) is 32.7 Å². The number of ether oxygens (including phenoxy) is 1. The van der Waals surface area contributed by atoms with E-state index in [0.717, 1.165) is 16.0 Å². The van der Waals surface area contributed by atoms with Crippen molar-refractivity contribution >= 4 is 52.0 Å². The highest BCUT2D eigenvalue weighted by molar-refractivity contribution is 6.46. The SMILES string of the molecule is COc1ccccc1C1=C(Nc2cc(Cl)ccc2C)C(=O)N(c2ccc(C)c(Cl)c2)C1=O. The van der Waals surface area contributed by atoms with Crippen LogP contribution < -0.4 is 15.0 Å². The Morgan fingerprint density at radius 3 is 2.31 bits per heavy atom. The van der Waals surface area contributed by atoms with Gasteiger partial charge in [0.05, 0.1) is 18.4 Å². The number of anilines is 2. The number of rotatable bonds is 5. The second-order valence-electron chi connectivity index (χ2n) is 7.41. The molecule has 0 saturated heterocycles. The van der Waals surface area contributed by atoms with Crippen LogP contribution in [0, 0.1) is 13.8 Å². The Bertz CT molecular complexity index is 1280. The maximum absolute atomic E-state index is 13.6. The number of benzene rings is 3. The summed E-state index contributed by atoms with van der Waals surface area (Å²) in [4.78, 5) is 28.3. The summed E-state index contributed by atoms with van der Waals surface area (Å²) in [5.41, 5.74) is 3.60. The second kappa shape index (κ2) is 8.69. The van der Waals surface area contributed by atoms with E-state index in [1.54, 1.807) is 54.6 Å². The molecule has 32 heavy (non-hydrogen) atoms. The second-order valence-corrected chi connectivity index (χ2v) is 8.26. The molecule has 0 fully saturated rings. The van der Waals surface area contributed by atoms with E-state index in [4.69, 9.17) is 27.9 Å². The lowest BCUT2D eigenvalue weighted by Gasteiger charge is -2.17. The van der Waals surface area contributed by atoms with Crippen molar-refractivity contribution in [1.29, 1.82) is 0 Å². The number of hydrogen-bond acceptors (Lipinski definition) is 4. The van der Waals surface area contributed by atoms with Crippen molar-refractivity contribution in [3.63, 3.8) is 0 Å². The number of para-hydroxylation sites is 1. The molecule has 1 aliphatic rings. The van der Waals surface area contributed by atoms with Crippen LogP contribution in [-0.2, 0) is 9.59 Å². The van der Waals surface area contributed by atoms with E-state index >= 15 is 0 Å². The fourth-order valence-electron chi connectivity index (χ4n) is 3.57. The first-order valence-corrected chi connectivity index (χ1v) is 10.6. The molecule has 1 aliphatic heterocycles. The predicted molar refractivity (Wildman–Crippen MR) is 128 cm³/mol. The Hall–Kier alpha value is -3.28. The summed E-state index contributed by atoms with van der Waals surface area (Å²) >= 11 is 12.5. The lowest BCUT2D eigenvalue weighted by Crippen LogP contribution is -2.32. The van der Waals surface area contributed by atoms with Gasteiger partial charge >= 0.3 is 0 Å². The Morgan fingerprint density at radius 1 is 0.875 bits per heavy atom. The summed E-state index contributed by atoms with van der Waals surface area (Å²) < 4.78 is 5.47. The van der Waals surface area contributed by atoms with E-state index in [1.807, 2.05) is 19.9 Å². The number of nitrogens with one attached hydrogen (secondary N) is 1. The standard InChI is InChI=1S/C25H20Cl2N2O3/c1-14-9-11-17(13-19(14)27)29-24(30)22(18-6-4-5-7-21(18)32-3)23(25(29)31)28-20-12-16(26)10-8-15(20)2/h4-13,28H,1-3H3. The van der Waals surface area contributed by atoms with Crippen molar-refractivity contribution in [3.8, 4) is 5.75 Å². The normalized spacial score (nSPS) is 13.7. The van der Waals surface area contributed by atoms with E-state index in [2.05, 4.69) is 5.32 Å². The highest BCUT2D eigenvalue weighted by Gasteiger charge is 2.41. The highest BCUT2D eigenvalue weighted by atomic mass is 35.5. The van der Waals surface area contributed by atoms with Gasteiger partial charge in [0.1, 0.15) is 11.4 Å². The van der Waals surface area contributed by atoms with Crippen molar-refractivity contribution in [1.82, 2.24) is 0 Å². The lowest BCUT2D eigenvalue weighted by molar-refractivity contribution is -0.120. The Kier molecular flexibility index (Phi) is 5.96. The Morgan fingerprint density at radius 2 is 1.59 bits per heavy atom. The van der Waals surface area contributed by atoms with Crippen LogP contribution in [0.1, 0.15) is 16.7 Å². The molecule has 7 heteroatoms. The molecule has 0 unspecified atom stereocenters. The number of aryl methyl sites for hydroxylation is 2. The van der Waals surface area contributed by atoms with E-state index in [-0.39, 0.29) is 11.3 Å². The van der Waals surface area contributed by atoms with Crippen LogP contribution in [0.3, 0.4) is 0 Å². The summed E-state index contributed by atoms with van der Waals surface area (Å²) in [5.74, 6) is -0.480. The molecule has 162 valence electrons. The molecule has 3 aromatic carbocycles. The van der Waals surface area contributed by atoms with Crippen LogP contribution in [0.2, 0.25) is 10.0 Å². The van der Waals surface area contributed by atoms with E-state index in [1.165, 1.54) is 7.11 Å². The molecular formula is C25H20Cl2N2O3. The van der Waals surface area contributed by atoms with Crippen molar-refractivity contribution in [2.45, 2.75) is 13.8 Å². The molecule has 0 spiro atoms. The van der Waals surface area contributed by atoms with Crippen LogP contribution in [0.15, 0.2) is 66.4 Å². The highest BCUT2D eigenvalue weighted by Crippen LogP contribution is 2.38. The zero-order valence-electron chi connectivity index (χ0n) is 17.7. The number of halogens is 2. The summed E-state index contributed by atoms with van der Waals surface area (Å²) in [6, 6.07) is 17.5. The van der Waals surface area contributed by atoms with Gasteiger partial charge in [0.15, 0.2) is 0 Å². The maximum Gasteiger partial charge on any atom is 0.282 e.